The Morgan fingerprint density at radius 3 is 2.72 bits per heavy atom. The highest BCUT2D eigenvalue weighted by Gasteiger charge is 2.24. The summed E-state index contributed by atoms with van der Waals surface area (Å²) >= 11 is 0. The van der Waals surface area contributed by atoms with Crippen LogP contribution < -0.4 is 20.4 Å². The number of nitrogens with one attached hydrogen (secondary N) is 2. The second-order valence-electron chi connectivity index (χ2n) is 8.04. The highest BCUT2D eigenvalue weighted by atomic mass is 19.1. The lowest BCUT2D eigenvalue weighted by atomic mass is 10.1. The molecule has 1 aromatic carbocycles. The zero-order valence-corrected chi connectivity index (χ0v) is 17.7. The van der Waals surface area contributed by atoms with Crippen LogP contribution in [0.4, 0.5) is 32.2 Å². The highest BCUT2D eigenvalue weighted by molar-refractivity contribution is 6.02. The molecular formula is C24H25FN6O. The summed E-state index contributed by atoms with van der Waals surface area (Å²) in [7, 11) is 0. The summed E-state index contributed by atoms with van der Waals surface area (Å²) in [5.74, 6) is 0.422. The summed E-state index contributed by atoms with van der Waals surface area (Å²) in [6, 6.07) is 14.7. The number of amides is 2. The topological polar surface area (TPSA) is 73.4 Å². The zero-order valence-electron chi connectivity index (χ0n) is 17.7. The lowest BCUT2D eigenvalue weighted by Crippen LogP contribution is -2.36. The van der Waals surface area contributed by atoms with E-state index in [9.17, 15) is 9.18 Å². The molecule has 2 amide bonds. The van der Waals surface area contributed by atoms with Gasteiger partial charge in [0.25, 0.3) is 0 Å². The van der Waals surface area contributed by atoms with Gasteiger partial charge in [-0.3, -0.25) is 10.2 Å². The van der Waals surface area contributed by atoms with Gasteiger partial charge in [-0.15, -0.1) is 0 Å². The van der Waals surface area contributed by atoms with Crippen molar-refractivity contribution in [2.45, 2.75) is 19.3 Å². The van der Waals surface area contributed by atoms with Crippen molar-refractivity contribution in [1.82, 2.24) is 9.97 Å². The SMILES string of the molecule is O=C(Nc1ccc(F)cn1)N1CCCNc2ccc(-c3cccc(N4CCCC4)c3)nc21. The maximum atomic E-state index is 13.2. The van der Waals surface area contributed by atoms with E-state index in [2.05, 4.69) is 38.7 Å². The molecule has 32 heavy (non-hydrogen) atoms. The molecule has 2 aliphatic heterocycles. The minimum Gasteiger partial charge on any atom is -0.382 e. The van der Waals surface area contributed by atoms with Gasteiger partial charge in [-0.1, -0.05) is 12.1 Å². The molecule has 0 unspecified atom stereocenters. The van der Waals surface area contributed by atoms with Gasteiger partial charge in [-0.2, -0.15) is 0 Å². The molecule has 0 bridgehead atoms. The third-order valence-electron chi connectivity index (χ3n) is 5.83. The zero-order chi connectivity index (χ0) is 21.9. The van der Waals surface area contributed by atoms with E-state index in [1.807, 2.05) is 18.2 Å². The van der Waals surface area contributed by atoms with Crippen LogP contribution in [0.15, 0.2) is 54.7 Å². The van der Waals surface area contributed by atoms with Crippen LogP contribution in [-0.2, 0) is 0 Å². The predicted molar refractivity (Wildman–Crippen MR) is 125 cm³/mol. The first-order valence-electron chi connectivity index (χ1n) is 11.0. The van der Waals surface area contributed by atoms with E-state index in [1.54, 1.807) is 4.90 Å². The Balaban J connectivity index is 1.45. The molecule has 2 aliphatic rings. The van der Waals surface area contributed by atoms with Crippen LogP contribution in [-0.4, -0.2) is 42.2 Å². The second-order valence-corrected chi connectivity index (χ2v) is 8.04. The van der Waals surface area contributed by atoms with Crippen LogP contribution in [0.3, 0.4) is 0 Å². The van der Waals surface area contributed by atoms with E-state index in [-0.39, 0.29) is 6.03 Å². The number of pyridine rings is 2. The number of aromatic nitrogens is 2. The average molecular weight is 433 g/mol. The average Bonchev–Trinajstić information content (AvgIpc) is 3.28. The Morgan fingerprint density at radius 1 is 1.03 bits per heavy atom. The standard InChI is InChI=1S/C24H25FN6O/c25-18-7-10-22(27-16-18)29-24(32)31-14-4-11-26-21-9-8-20(28-23(21)31)17-5-3-6-19(15-17)30-12-1-2-13-30/h3,5-10,15-16,26H,1-2,4,11-14H2,(H,27,29,32). The monoisotopic (exact) mass is 432 g/mol. The molecule has 0 spiro atoms. The molecular weight excluding hydrogens is 407 g/mol. The summed E-state index contributed by atoms with van der Waals surface area (Å²) in [4.78, 5) is 25.9. The van der Waals surface area contributed by atoms with E-state index in [4.69, 9.17) is 4.98 Å². The first-order chi connectivity index (χ1) is 15.7. The molecule has 2 aromatic heterocycles. The highest BCUT2D eigenvalue weighted by Crippen LogP contribution is 2.32. The number of carbonyl (C=O) groups is 1. The lowest BCUT2D eigenvalue weighted by molar-refractivity contribution is 0.256. The molecule has 0 aliphatic carbocycles. The van der Waals surface area contributed by atoms with Gasteiger partial charge in [0.2, 0.25) is 0 Å². The number of hydrogen-bond donors (Lipinski definition) is 2. The molecule has 1 fully saturated rings. The number of hydrogen-bond acceptors (Lipinski definition) is 5. The van der Waals surface area contributed by atoms with Crippen molar-refractivity contribution in [1.29, 1.82) is 0 Å². The third kappa shape index (κ3) is 4.21. The van der Waals surface area contributed by atoms with E-state index in [0.717, 1.165) is 49.2 Å². The molecule has 3 aromatic rings. The molecule has 5 rings (SSSR count). The van der Waals surface area contributed by atoms with Gasteiger partial charge in [0.1, 0.15) is 11.6 Å². The first kappa shape index (κ1) is 20.2. The number of benzene rings is 1. The fraction of sp³-hybridized carbons (Fsp3) is 0.292. The van der Waals surface area contributed by atoms with Gasteiger partial charge < -0.3 is 10.2 Å². The van der Waals surface area contributed by atoms with E-state index >= 15 is 0 Å². The largest absolute Gasteiger partial charge is 0.382 e. The van der Waals surface area contributed by atoms with Gasteiger partial charge in [0, 0.05) is 37.4 Å². The lowest BCUT2D eigenvalue weighted by Gasteiger charge is -2.22. The van der Waals surface area contributed by atoms with Crippen molar-refractivity contribution in [2.75, 3.05) is 46.6 Å². The van der Waals surface area contributed by atoms with Crippen LogP contribution in [0, 0.1) is 5.82 Å². The van der Waals surface area contributed by atoms with Crippen molar-refractivity contribution in [3.8, 4) is 11.3 Å². The Morgan fingerprint density at radius 2 is 1.91 bits per heavy atom. The minimum absolute atomic E-state index is 0.296. The number of urea groups is 1. The van der Waals surface area contributed by atoms with Crippen LogP contribution in [0.25, 0.3) is 11.3 Å². The molecule has 2 N–H and O–H groups in total. The molecule has 4 heterocycles. The van der Waals surface area contributed by atoms with Gasteiger partial charge in [-0.05, 0) is 55.7 Å². The quantitative estimate of drug-likeness (QED) is 0.626. The molecule has 8 heteroatoms. The van der Waals surface area contributed by atoms with Crippen LogP contribution >= 0.6 is 0 Å². The van der Waals surface area contributed by atoms with Crippen molar-refractivity contribution >= 4 is 29.0 Å². The molecule has 0 saturated carbocycles. The van der Waals surface area contributed by atoms with Crippen LogP contribution in [0.5, 0.6) is 0 Å². The van der Waals surface area contributed by atoms with Gasteiger partial charge in [-0.25, -0.2) is 19.2 Å². The Kier molecular flexibility index (Phi) is 5.58. The van der Waals surface area contributed by atoms with E-state index in [0.29, 0.717) is 18.2 Å². The van der Waals surface area contributed by atoms with Gasteiger partial charge in [0.15, 0.2) is 5.82 Å². The second kappa shape index (κ2) is 8.82. The number of rotatable bonds is 3. The fourth-order valence-electron chi connectivity index (χ4n) is 4.18. The summed E-state index contributed by atoms with van der Waals surface area (Å²) in [5, 5.41) is 6.11. The maximum absolute atomic E-state index is 13.2. The van der Waals surface area contributed by atoms with Crippen LogP contribution in [0.1, 0.15) is 19.3 Å². The normalized spacial score (nSPS) is 15.7. The number of halogens is 1. The summed E-state index contributed by atoms with van der Waals surface area (Å²) in [5.41, 5.74) is 3.84. The van der Waals surface area contributed by atoms with E-state index in [1.165, 1.54) is 30.7 Å². The van der Waals surface area contributed by atoms with Crippen molar-refractivity contribution in [2.24, 2.45) is 0 Å². The third-order valence-corrected chi connectivity index (χ3v) is 5.83. The molecule has 7 nitrogen and oxygen atoms in total. The Labute approximate surface area is 186 Å². The van der Waals surface area contributed by atoms with Crippen molar-refractivity contribution in [3.05, 3.63) is 60.5 Å². The molecule has 164 valence electrons. The molecule has 0 radical (unpaired) electrons. The number of fused-ring (bicyclic) bond motifs is 1. The maximum Gasteiger partial charge on any atom is 0.328 e. The van der Waals surface area contributed by atoms with Crippen molar-refractivity contribution < 1.29 is 9.18 Å². The summed E-state index contributed by atoms with van der Waals surface area (Å²) < 4.78 is 13.2. The fourth-order valence-corrected chi connectivity index (χ4v) is 4.18. The molecule has 0 atom stereocenters. The van der Waals surface area contributed by atoms with Gasteiger partial charge in [0.05, 0.1) is 17.6 Å². The summed E-state index contributed by atoms with van der Waals surface area (Å²) in [6.45, 7) is 3.42. The van der Waals surface area contributed by atoms with Gasteiger partial charge >= 0.3 is 6.03 Å². The molecule has 1 saturated heterocycles. The Bertz CT molecular complexity index is 1110. The smallest absolute Gasteiger partial charge is 0.328 e. The number of nitrogens with zero attached hydrogens (tertiary/aromatic N) is 4. The predicted octanol–water partition coefficient (Wildman–Crippen LogP) is 4.74. The number of anilines is 4. The first-order valence-corrected chi connectivity index (χ1v) is 11.0. The van der Waals surface area contributed by atoms with Crippen molar-refractivity contribution in [3.63, 3.8) is 0 Å². The van der Waals surface area contributed by atoms with E-state index < -0.39 is 5.82 Å². The Hall–Kier alpha value is -3.68. The minimum atomic E-state index is -0.449. The van der Waals surface area contributed by atoms with Crippen LogP contribution in [0.2, 0.25) is 0 Å². The number of carbonyl (C=O) groups excluding carboxylic acids is 1. The summed E-state index contributed by atoms with van der Waals surface area (Å²) in [6.07, 6.45) is 4.30.